The molecule has 3 rings (SSSR count). The molecule has 1 N–H and O–H groups in total. The van der Waals surface area contributed by atoms with Crippen molar-refractivity contribution in [3.05, 3.63) is 59.7 Å². The normalized spacial score (nSPS) is 12.3. The summed E-state index contributed by atoms with van der Waals surface area (Å²) in [6.45, 7) is 11.7. The lowest BCUT2D eigenvalue weighted by Crippen LogP contribution is -2.27. The van der Waals surface area contributed by atoms with Crippen molar-refractivity contribution in [2.24, 2.45) is 0 Å². The third kappa shape index (κ3) is 16.9. The number of amides is 1. The molecule has 0 saturated carbocycles. The van der Waals surface area contributed by atoms with Crippen LogP contribution in [0, 0.1) is 0 Å². The number of hydrogen-bond donors (Lipinski definition) is 1. The van der Waals surface area contributed by atoms with Crippen LogP contribution >= 0.6 is 0 Å². The van der Waals surface area contributed by atoms with E-state index in [1.165, 1.54) is 22.3 Å². The van der Waals surface area contributed by atoms with E-state index in [2.05, 4.69) is 36.5 Å². The number of fused-ring (bicyclic) bond motifs is 3. The highest BCUT2D eigenvalue weighted by Crippen LogP contribution is 2.44. The summed E-state index contributed by atoms with van der Waals surface area (Å²) in [5.74, 6) is 0.0554. The van der Waals surface area contributed by atoms with E-state index in [4.69, 9.17) is 42.6 Å². The summed E-state index contributed by atoms with van der Waals surface area (Å²) in [6, 6.07) is 16.6. The van der Waals surface area contributed by atoms with Gasteiger partial charge in [-0.15, -0.1) is 0 Å². The largest absolute Gasteiger partial charge is 0.449 e. The van der Waals surface area contributed by atoms with Crippen molar-refractivity contribution in [2.45, 2.75) is 32.1 Å². The maximum atomic E-state index is 12.2. The average Bonchev–Trinajstić information content (AvgIpc) is 3.42. The van der Waals surface area contributed by atoms with Crippen molar-refractivity contribution in [3.8, 4) is 11.1 Å². The van der Waals surface area contributed by atoms with Crippen LogP contribution in [0.25, 0.3) is 11.1 Å². The number of alkyl carbamates (subject to hydrolysis) is 1. The Morgan fingerprint density at radius 1 is 0.532 bits per heavy atom. The fourth-order valence-corrected chi connectivity index (χ4v) is 4.90. The summed E-state index contributed by atoms with van der Waals surface area (Å²) in [7, 11) is 0. The summed E-state index contributed by atoms with van der Waals surface area (Å²) in [5.41, 5.74) is 4.82. The Morgan fingerprint density at radius 3 is 1.30 bits per heavy atom. The van der Waals surface area contributed by atoms with Crippen LogP contribution in [0.2, 0.25) is 0 Å². The molecule has 1 amide bonds. The molecule has 11 nitrogen and oxygen atoms in total. The Balaban J connectivity index is 0.994. The fraction of sp³-hybridized carbons (Fsp3) is 0.639. The van der Waals surface area contributed by atoms with Crippen LogP contribution in [0.5, 0.6) is 0 Å². The molecule has 0 heterocycles. The Hall–Kier alpha value is -2.61. The number of benzene rings is 2. The maximum Gasteiger partial charge on any atom is 0.407 e. The summed E-state index contributed by atoms with van der Waals surface area (Å²) in [4.78, 5) is 12.2. The van der Waals surface area contributed by atoms with Crippen LogP contribution in [0.3, 0.4) is 0 Å². The molecule has 0 bridgehead atoms. The van der Waals surface area contributed by atoms with Crippen LogP contribution in [0.1, 0.15) is 43.2 Å². The van der Waals surface area contributed by atoms with Crippen molar-refractivity contribution in [3.63, 3.8) is 0 Å². The first kappa shape index (κ1) is 38.8. The molecular formula is C36H55NO10. The van der Waals surface area contributed by atoms with Crippen LogP contribution in [0.15, 0.2) is 48.5 Å². The monoisotopic (exact) mass is 661 g/mol. The molecule has 2 aromatic carbocycles. The van der Waals surface area contributed by atoms with E-state index in [0.717, 1.165) is 19.4 Å². The first-order valence-corrected chi connectivity index (χ1v) is 17.0. The second-order valence-electron chi connectivity index (χ2n) is 10.9. The molecule has 264 valence electrons. The molecule has 47 heavy (non-hydrogen) atoms. The quantitative estimate of drug-likeness (QED) is 0.117. The topological polar surface area (TPSA) is 112 Å². The van der Waals surface area contributed by atoms with Gasteiger partial charge in [-0.25, -0.2) is 4.79 Å². The molecule has 2 aromatic rings. The van der Waals surface area contributed by atoms with Crippen molar-refractivity contribution in [1.82, 2.24) is 5.32 Å². The third-order valence-electron chi connectivity index (χ3n) is 7.32. The number of nitrogens with one attached hydrogen (secondary N) is 1. The molecule has 1 aliphatic rings. The molecule has 0 aliphatic heterocycles. The number of rotatable bonds is 30. The Labute approximate surface area is 280 Å². The molecule has 0 atom stereocenters. The number of hydrogen-bond acceptors (Lipinski definition) is 10. The van der Waals surface area contributed by atoms with Gasteiger partial charge in [-0.1, -0.05) is 61.9 Å². The lowest BCUT2D eigenvalue weighted by atomic mass is 9.98. The Kier molecular flexibility index (Phi) is 21.8. The molecule has 0 unspecified atom stereocenters. The highest BCUT2D eigenvalue weighted by Gasteiger charge is 2.28. The van der Waals surface area contributed by atoms with Gasteiger partial charge >= 0.3 is 6.09 Å². The van der Waals surface area contributed by atoms with Crippen molar-refractivity contribution >= 4 is 6.09 Å². The van der Waals surface area contributed by atoms with E-state index in [9.17, 15) is 4.79 Å². The van der Waals surface area contributed by atoms with Gasteiger partial charge in [0.15, 0.2) is 0 Å². The van der Waals surface area contributed by atoms with Crippen molar-refractivity contribution < 1.29 is 47.4 Å². The predicted molar refractivity (Wildman–Crippen MR) is 179 cm³/mol. The summed E-state index contributed by atoms with van der Waals surface area (Å²) in [6.07, 6.45) is 2.52. The van der Waals surface area contributed by atoms with Gasteiger partial charge < -0.3 is 47.9 Å². The fourth-order valence-electron chi connectivity index (χ4n) is 4.90. The molecule has 0 saturated heterocycles. The minimum Gasteiger partial charge on any atom is -0.449 e. The highest BCUT2D eigenvalue weighted by molar-refractivity contribution is 5.79. The highest BCUT2D eigenvalue weighted by atomic mass is 16.6. The molecule has 1 aliphatic carbocycles. The van der Waals surface area contributed by atoms with Crippen molar-refractivity contribution in [1.29, 1.82) is 0 Å². The minimum absolute atomic E-state index is 0.0554. The Bertz CT molecular complexity index is 1030. The first-order valence-electron chi connectivity index (χ1n) is 17.0. The van der Waals surface area contributed by atoms with E-state index in [1.54, 1.807) is 0 Å². The standard InChI is InChI=1S/C36H55NO10/c1-2-3-14-39-16-18-41-20-22-43-24-26-45-28-29-46-27-25-44-23-21-42-19-17-40-15-8-13-37-36(38)47-30-35-33-11-6-4-9-31(33)32-10-5-7-12-34(32)35/h4-7,9-12,35H,2-3,8,13-30H2,1H3,(H,37,38). The van der Waals surface area contributed by atoms with Gasteiger partial charge in [0.1, 0.15) is 6.61 Å². The summed E-state index contributed by atoms with van der Waals surface area (Å²) >= 11 is 0. The number of carbonyl (C=O) groups is 1. The lowest BCUT2D eigenvalue weighted by molar-refractivity contribution is -0.0231. The van der Waals surface area contributed by atoms with Crippen LogP contribution < -0.4 is 5.32 Å². The maximum absolute atomic E-state index is 12.2. The SMILES string of the molecule is CCCCOCCOCCOCCOCCOCCOCCOCCOCCCNC(=O)OCC1c2ccccc2-c2ccccc21. The molecular weight excluding hydrogens is 606 g/mol. The van der Waals surface area contributed by atoms with Gasteiger partial charge in [0.05, 0.1) is 92.5 Å². The average molecular weight is 662 g/mol. The number of ether oxygens (including phenoxy) is 9. The van der Waals surface area contributed by atoms with Gasteiger partial charge in [-0.05, 0) is 35.1 Å². The predicted octanol–water partition coefficient (Wildman–Crippen LogP) is 4.85. The van der Waals surface area contributed by atoms with Gasteiger partial charge in [0.2, 0.25) is 0 Å². The number of unbranched alkanes of at least 4 members (excludes halogenated alkanes) is 1. The molecule has 0 spiro atoms. The van der Waals surface area contributed by atoms with E-state index in [0.29, 0.717) is 119 Å². The van der Waals surface area contributed by atoms with E-state index >= 15 is 0 Å². The van der Waals surface area contributed by atoms with Crippen LogP contribution in [-0.4, -0.2) is 125 Å². The molecule has 0 aromatic heterocycles. The second-order valence-corrected chi connectivity index (χ2v) is 10.9. The van der Waals surface area contributed by atoms with Gasteiger partial charge in [-0.3, -0.25) is 0 Å². The molecule has 0 fully saturated rings. The number of carbonyl (C=O) groups excluding carboxylic acids is 1. The molecule has 0 radical (unpaired) electrons. The molecule has 11 heteroatoms. The van der Waals surface area contributed by atoms with Gasteiger partial charge in [0, 0.05) is 25.7 Å². The summed E-state index contributed by atoms with van der Waals surface area (Å²) in [5, 5.41) is 2.81. The smallest absolute Gasteiger partial charge is 0.407 e. The first-order chi connectivity index (χ1) is 23.3. The zero-order valence-corrected chi connectivity index (χ0v) is 28.1. The van der Waals surface area contributed by atoms with Gasteiger partial charge in [0.25, 0.3) is 0 Å². The minimum atomic E-state index is -0.410. The zero-order valence-electron chi connectivity index (χ0n) is 28.1. The van der Waals surface area contributed by atoms with E-state index in [1.807, 2.05) is 24.3 Å². The zero-order chi connectivity index (χ0) is 33.0. The Morgan fingerprint density at radius 2 is 0.894 bits per heavy atom. The van der Waals surface area contributed by atoms with E-state index < -0.39 is 6.09 Å². The van der Waals surface area contributed by atoms with Crippen LogP contribution in [-0.2, 0) is 42.6 Å². The van der Waals surface area contributed by atoms with Gasteiger partial charge in [-0.2, -0.15) is 0 Å². The van der Waals surface area contributed by atoms with Crippen molar-refractivity contribution in [2.75, 3.05) is 119 Å². The van der Waals surface area contributed by atoms with E-state index in [-0.39, 0.29) is 5.92 Å². The summed E-state index contributed by atoms with van der Waals surface area (Å²) < 4.78 is 49.5. The van der Waals surface area contributed by atoms with Crippen LogP contribution in [0.4, 0.5) is 4.79 Å². The lowest BCUT2D eigenvalue weighted by Gasteiger charge is -2.14. The second kappa shape index (κ2) is 26.4. The third-order valence-corrected chi connectivity index (χ3v) is 7.32.